The Hall–Kier alpha value is -1.35. The number of benzene rings is 1. The van der Waals surface area contributed by atoms with E-state index in [-0.39, 0.29) is 12.0 Å². The summed E-state index contributed by atoms with van der Waals surface area (Å²) in [6.45, 7) is 5.18. The first-order valence-corrected chi connectivity index (χ1v) is 5.70. The number of rotatable bonds is 4. The minimum absolute atomic E-state index is 0.0415. The number of nitrogens with zero attached hydrogens (tertiary/aromatic N) is 1. The molecule has 3 atom stereocenters. The van der Waals surface area contributed by atoms with Crippen molar-refractivity contribution in [3.05, 3.63) is 35.9 Å². The van der Waals surface area contributed by atoms with Crippen molar-refractivity contribution in [2.45, 2.75) is 32.5 Å². The van der Waals surface area contributed by atoms with Gasteiger partial charge in [-0.05, 0) is 19.4 Å². The van der Waals surface area contributed by atoms with Crippen molar-refractivity contribution in [3.8, 4) is 0 Å². The highest BCUT2D eigenvalue weighted by molar-refractivity contribution is 5.80. The first-order chi connectivity index (χ1) is 7.74. The van der Waals surface area contributed by atoms with Gasteiger partial charge in [0.1, 0.15) is 6.04 Å². The van der Waals surface area contributed by atoms with Crippen LogP contribution in [0.3, 0.4) is 0 Å². The van der Waals surface area contributed by atoms with Crippen LogP contribution in [0.15, 0.2) is 30.3 Å². The van der Waals surface area contributed by atoms with E-state index >= 15 is 0 Å². The van der Waals surface area contributed by atoms with E-state index in [1.165, 1.54) is 5.56 Å². The van der Waals surface area contributed by atoms with Gasteiger partial charge in [-0.3, -0.25) is 9.69 Å². The number of hydrogen-bond donors (Lipinski definition) is 0. The lowest BCUT2D eigenvalue weighted by Gasteiger charge is -2.03. The Bertz CT molecular complexity index is 363. The molecule has 0 radical (unpaired) electrons. The Balaban J connectivity index is 1.91. The maximum atomic E-state index is 11.6. The average Bonchev–Trinajstić information content (AvgIpc) is 2.91. The molecule has 0 bridgehead atoms. The molecular weight excluding hydrogens is 202 g/mol. The van der Waals surface area contributed by atoms with Gasteiger partial charge in [0.05, 0.1) is 6.61 Å². The lowest BCUT2D eigenvalue weighted by molar-refractivity contribution is -0.143. The molecule has 1 aliphatic heterocycles. The van der Waals surface area contributed by atoms with Crippen LogP contribution < -0.4 is 0 Å². The molecule has 0 aromatic heterocycles. The largest absolute Gasteiger partial charge is 0.465 e. The third-order valence-electron chi connectivity index (χ3n) is 2.98. The Morgan fingerprint density at radius 3 is 2.69 bits per heavy atom. The molecule has 0 amide bonds. The van der Waals surface area contributed by atoms with Crippen molar-refractivity contribution in [2.24, 2.45) is 0 Å². The van der Waals surface area contributed by atoms with Crippen LogP contribution >= 0.6 is 0 Å². The van der Waals surface area contributed by atoms with E-state index in [0.29, 0.717) is 12.6 Å². The van der Waals surface area contributed by atoms with Gasteiger partial charge in [0, 0.05) is 12.6 Å². The van der Waals surface area contributed by atoms with Crippen LogP contribution in [-0.4, -0.2) is 29.6 Å². The molecule has 86 valence electrons. The summed E-state index contributed by atoms with van der Waals surface area (Å²) in [6.07, 6.45) is 0. The van der Waals surface area contributed by atoms with Crippen LogP contribution in [-0.2, 0) is 16.1 Å². The van der Waals surface area contributed by atoms with Crippen molar-refractivity contribution in [1.29, 1.82) is 0 Å². The topological polar surface area (TPSA) is 29.3 Å². The number of carbonyl (C=O) groups is 1. The molecule has 3 heteroatoms. The molecule has 1 heterocycles. The predicted octanol–water partition coefficient (Wildman–Crippen LogP) is 1.82. The monoisotopic (exact) mass is 219 g/mol. The average molecular weight is 219 g/mol. The molecule has 2 rings (SSSR count). The highest BCUT2D eigenvalue weighted by Crippen LogP contribution is 2.30. The Morgan fingerprint density at radius 1 is 1.38 bits per heavy atom. The lowest BCUT2D eigenvalue weighted by atomic mass is 10.2. The second-order valence-corrected chi connectivity index (χ2v) is 4.10. The van der Waals surface area contributed by atoms with Gasteiger partial charge in [0.2, 0.25) is 0 Å². The molecule has 1 aliphatic rings. The zero-order chi connectivity index (χ0) is 11.5. The van der Waals surface area contributed by atoms with E-state index in [9.17, 15) is 4.79 Å². The molecular formula is C13H17NO2. The molecule has 1 fully saturated rings. The fourth-order valence-corrected chi connectivity index (χ4v) is 2.01. The number of carbonyl (C=O) groups excluding carboxylic acids is 1. The van der Waals surface area contributed by atoms with Crippen molar-refractivity contribution < 1.29 is 9.53 Å². The summed E-state index contributed by atoms with van der Waals surface area (Å²) < 4.78 is 5.02. The van der Waals surface area contributed by atoms with E-state index in [1.54, 1.807) is 0 Å². The van der Waals surface area contributed by atoms with Crippen LogP contribution in [0, 0.1) is 0 Å². The highest BCUT2D eigenvalue weighted by atomic mass is 16.5. The molecule has 3 nitrogen and oxygen atoms in total. The van der Waals surface area contributed by atoms with Gasteiger partial charge in [-0.2, -0.15) is 0 Å². The fourth-order valence-electron chi connectivity index (χ4n) is 2.01. The van der Waals surface area contributed by atoms with Gasteiger partial charge in [-0.1, -0.05) is 30.3 Å². The van der Waals surface area contributed by atoms with Gasteiger partial charge in [-0.25, -0.2) is 0 Å². The smallest absolute Gasteiger partial charge is 0.324 e. The SMILES string of the molecule is CCOC(=O)[C@@H]1[C@@H](C)N1Cc1ccccc1. The maximum Gasteiger partial charge on any atom is 0.324 e. The lowest BCUT2D eigenvalue weighted by Crippen LogP contribution is -2.16. The Morgan fingerprint density at radius 2 is 2.06 bits per heavy atom. The van der Waals surface area contributed by atoms with E-state index in [4.69, 9.17) is 4.74 Å². The number of ether oxygens (including phenoxy) is 1. The van der Waals surface area contributed by atoms with E-state index in [2.05, 4.69) is 24.0 Å². The predicted molar refractivity (Wildman–Crippen MR) is 61.9 cm³/mol. The van der Waals surface area contributed by atoms with Gasteiger partial charge in [0.25, 0.3) is 0 Å². The number of esters is 1. The molecule has 1 saturated heterocycles. The zero-order valence-corrected chi connectivity index (χ0v) is 9.72. The standard InChI is InChI=1S/C13H17NO2/c1-3-16-13(15)12-10(2)14(12)9-11-7-5-4-6-8-11/h4-8,10,12H,3,9H2,1-2H3/t10-,12+,14?/m1/s1. The first kappa shape index (κ1) is 11.1. The van der Waals surface area contributed by atoms with Gasteiger partial charge in [-0.15, -0.1) is 0 Å². The Labute approximate surface area is 96.0 Å². The minimum atomic E-state index is -0.0917. The van der Waals surface area contributed by atoms with Crippen molar-refractivity contribution in [3.63, 3.8) is 0 Å². The summed E-state index contributed by atoms with van der Waals surface area (Å²) in [5.41, 5.74) is 1.24. The quantitative estimate of drug-likeness (QED) is 0.571. The summed E-state index contributed by atoms with van der Waals surface area (Å²) in [5.74, 6) is -0.0917. The van der Waals surface area contributed by atoms with Crippen LogP contribution in [0.2, 0.25) is 0 Å². The molecule has 0 saturated carbocycles. The maximum absolute atomic E-state index is 11.6. The molecule has 0 spiro atoms. The molecule has 16 heavy (non-hydrogen) atoms. The Kier molecular flexibility index (Phi) is 3.25. The normalized spacial score (nSPS) is 27.5. The van der Waals surface area contributed by atoms with Crippen molar-refractivity contribution in [2.75, 3.05) is 6.61 Å². The van der Waals surface area contributed by atoms with E-state index in [0.717, 1.165) is 6.54 Å². The van der Waals surface area contributed by atoms with E-state index < -0.39 is 0 Å². The second kappa shape index (κ2) is 4.66. The third-order valence-corrected chi connectivity index (χ3v) is 2.98. The third kappa shape index (κ3) is 2.25. The molecule has 0 aliphatic carbocycles. The van der Waals surface area contributed by atoms with Gasteiger partial charge in [0.15, 0.2) is 0 Å². The first-order valence-electron chi connectivity index (χ1n) is 5.70. The molecule has 1 unspecified atom stereocenters. The highest BCUT2D eigenvalue weighted by Gasteiger charge is 2.49. The fraction of sp³-hybridized carbons (Fsp3) is 0.462. The summed E-state index contributed by atoms with van der Waals surface area (Å²) in [6, 6.07) is 10.4. The summed E-state index contributed by atoms with van der Waals surface area (Å²) in [7, 11) is 0. The van der Waals surface area contributed by atoms with Crippen LogP contribution in [0.25, 0.3) is 0 Å². The van der Waals surface area contributed by atoms with Crippen molar-refractivity contribution >= 4 is 5.97 Å². The summed E-state index contributed by atoms with van der Waals surface area (Å²) in [4.78, 5) is 13.7. The van der Waals surface area contributed by atoms with Crippen LogP contribution in [0.1, 0.15) is 19.4 Å². The number of hydrogen-bond acceptors (Lipinski definition) is 3. The van der Waals surface area contributed by atoms with Gasteiger partial charge >= 0.3 is 5.97 Å². The van der Waals surface area contributed by atoms with Gasteiger partial charge < -0.3 is 4.74 Å². The molecule has 1 aromatic rings. The minimum Gasteiger partial charge on any atom is -0.465 e. The van der Waals surface area contributed by atoms with E-state index in [1.807, 2.05) is 25.1 Å². The second-order valence-electron chi connectivity index (χ2n) is 4.10. The molecule has 0 N–H and O–H groups in total. The van der Waals surface area contributed by atoms with Crippen LogP contribution in [0.5, 0.6) is 0 Å². The molecule has 1 aromatic carbocycles. The summed E-state index contributed by atoms with van der Waals surface area (Å²) in [5, 5.41) is 0. The van der Waals surface area contributed by atoms with Crippen molar-refractivity contribution in [1.82, 2.24) is 4.90 Å². The summed E-state index contributed by atoms with van der Waals surface area (Å²) >= 11 is 0. The van der Waals surface area contributed by atoms with Crippen LogP contribution in [0.4, 0.5) is 0 Å². The zero-order valence-electron chi connectivity index (χ0n) is 9.72.